The van der Waals surface area contributed by atoms with Gasteiger partial charge in [-0.3, -0.25) is 4.79 Å². The van der Waals surface area contributed by atoms with Crippen molar-refractivity contribution in [2.24, 2.45) is 0 Å². The van der Waals surface area contributed by atoms with E-state index in [1.807, 2.05) is 25.9 Å². The second-order valence-corrected chi connectivity index (χ2v) is 4.06. The van der Waals surface area contributed by atoms with E-state index in [-0.39, 0.29) is 25.2 Å². The first kappa shape index (κ1) is 15.4. The highest BCUT2D eigenvalue weighted by molar-refractivity contribution is 5.80. The lowest BCUT2D eigenvalue weighted by Gasteiger charge is -2.23. The van der Waals surface area contributed by atoms with Crippen molar-refractivity contribution in [2.45, 2.75) is 13.0 Å². The number of nitrogens with zero attached hydrogens (tertiary/aromatic N) is 2. The molecule has 0 bridgehead atoms. The van der Waals surface area contributed by atoms with Gasteiger partial charge in [0.1, 0.15) is 6.54 Å². The Labute approximate surface area is 102 Å². The van der Waals surface area contributed by atoms with Crippen molar-refractivity contribution in [3.05, 3.63) is 12.7 Å². The minimum atomic E-state index is -1.04. The molecule has 0 heterocycles. The molecule has 98 valence electrons. The standard InChI is InChI=1S/C11H21N3O3/c1-5-6-14(8-10(15)16)11(17)12-7-9(2)13(3)4/h5,9H,1,6-8H2,2-4H3,(H,12,17)(H,15,16). The number of urea groups is 1. The molecule has 0 aromatic carbocycles. The van der Waals surface area contributed by atoms with Crippen molar-refractivity contribution in [2.75, 3.05) is 33.7 Å². The first-order valence-electron chi connectivity index (χ1n) is 5.40. The molecule has 17 heavy (non-hydrogen) atoms. The molecule has 1 unspecified atom stereocenters. The van der Waals surface area contributed by atoms with Crippen LogP contribution >= 0.6 is 0 Å². The van der Waals surface area contributed by atoms with E-state index in [0.717, 1.165) is 0 Å². The number of carboxylic acids is 1. The van der Waals surface area contributed by atoms with E-state index < -0.39 is 5.97 Å². The van der Waals surface area contributed by atoms with Crippen LogP contribution in [0.25, 0.3) is 0 Å². The SMILES string of the molecule is C=CCN(CC(=O)O)C(=O)NCC(C)N(C)C. The van der Waals surface area contributed by atoms with Crippen molar-refractivity contribution in [1.29, 1.82) is 0 Å². The summed E-state index contributed by atoms with van der Waals surface area (Å²) in [7, 11) is 3.82. The first-order valence-corrected chi connectivity index (χ1v) is 5.40. The Morgan fingerprint density at radius 3 is 2.47 bits per heavy atom. The lowest BCUT2D eigenvalue weighted by Crippen LogP contribution is -2.46. The van der Waals surface area contributed by atoms with Crippen LogP contribution in [0.15, 0.2) is 12.7 Å². The molecule has 0 aliphatic rings. The zero-order chi connectivity index (χ0) is 13.4. The molecule has 0 aliphatic heterocycles. The Balaban J connectivity index is 4.22. The molecule has 0 rings (SSSR count). The van der Waals surface area contributed by atoms with Crippen LogP contribution in [-0.2, 0) is 4.79 Å². The predicted molar refractivity (Wildman–Crippen MR) is 66.0 cm³/mol. The van der Waals surface area contributed by atoms with Crippen LogP contribution in [-0.4, -0.2) is 66.7 Å². The number of likely N-dealkylation sites (N-methyl/N-ethyl adjacent to an activating group) is 1. The van der Waals surface area contributed by atoms with Gasteiger partial charge in [0.05, 0.1) is 0 Å². The van der Waals surface area contributed by atoms with Crippen LogP contribution in [0.1, 0.15) is 6.92 Å². The van der Waals surface area contributed by atoms with Crippen LogP contribution in [0.5, 0.6) is 0 Å². The molecule has 1 atom stereocenters. The first-order chi connectivity index (χ1) is 7.88. The van der Waals surface area contributed by atoms with E-state index in [1.165, 1.54) is 11.0 Å². The number of amides is 2. The number of carbonyl (C=O) groups excluding carboxylic acids is 1. The zero-order valence-corrected chi connectivity index (χ0v) is 10.6. The van der Waals surface area contributed by atoms with Gasteiger partial charge < -0.3 is 20.2 Å². The fourth-order valence-electron chi connectivity index (χ4n) is 1.07. The molecule has 0 saturated heterocycles. The van der Waals surface area contributed by atoms with E-state index in [4.69, 9.17) is 5.11 Å². The molecule has 6 heteroatoms. The maximum absolute atomic E-state index is 11.7. The number of hydrogen-bond acceptors (Lipinski definition) is 3. The van der Waals surface area contributed by atoms with Gasteiger partial charge in [0.25, 0.3) is 0 Å². The van der Waals surface area contributed by atoms with Crippen molar-refractivity contribution < 1.29 is 14.7 Å². The van der Waals surface area contributed by atoms with Gasteiger partial charge in [0, 0.05) is 19.1 Å². The van der Waals surface area contributed by atoms with Crippen molar-refractivity contribution in [1.82, 2.24) is 15.1 Å². The maximum atomic E-state index is 11.7. The topological polar surface area (TPSA) is 72.9 Å². The minimum absolute atomic E-state index is 0.189. The molecular weight excluding hydrogens is 222 g/mol. The summed E-state index contributed by atoms with van der Waals surface area (Å²) in [6.45, 7) is 5.82. The lowest BCUT2D eigenvalue weighted by atomic mass is 10.3. The van der Waals surface area contributed by atoms with E-state index >= 15 is 0 Å². The molecule has 2 N–H and O–H groups in total. The van der Waals surface area contributed by atoms with Crippen LogP contribution in [0.2, 0.25) is 0 Å². The Kier molecular flexibility index (Phi) is 6.97. The van der Waals surface area contributed by atoms with E-state index in [1.54, 1.807) is 0 Å². The minimum Gasteiger partial charge on any atom is -0.480 e. The number of nitrogens with one attached hydrogen (secondary N) is 1. The van der Waals surface area contributed by atoms with E-state index in [9.17, 15) is 9.59 Å². The zero-order valence-electron chi connectivity index (χ0n) is 10.6. The summed E-state index contributed by atoms with van der Waals surface area (Å²) in [5.41, 5.74) is 0. The number of carbonyl (C=O) groups is 2. The molecule has 6 nitrogen and oxygen atoms in total. The molecule has 0 saturated carbocycles. The van der Waals surface area contributed by atoms with Gasteiger partial charge in [-0.05, 0) is 21.0 Å². The molecule has 0 aromatic rings. The third-order valence-electron chi connectivity index (χ3n) is 2.39. The van der Waals surface area contributed by atoms with E-state index in [0.29, 0.717) is 6.54 Å². The van der Waals surface area contributed by atoms with Gasteiger partial charge >= 0.3 is 12.0 Å². The number of hydrogen-bond donors (Lipinski definition) is 2. The van der Waals surface area contributed by atoms with Gasteiger partial charge in [-0.15, -0.1) is 6.58 Å². The fourth-order valence-corrected chi connectivity index (χ4v) is 1.07. The van der Waals surface area contributed by atoms with Crippen molar-refractivity contribution in [3.63, 3.8) is 0 Å². The third kappa shape index (κ3) is 6.57. The van der Waals surface area contributed by atoms with Crippen molar-refractivity contribution >= 4 is 12.0 Å². The predicted octanol–water partition coefficient (Wildman–Crippen LogP) is 0.219. The third-order valence-corrected chi connectivity index (χ3v) is 2.39. The van der Waals surface area contributed by atoms with E-state index in [2.05, 4.69) is 11.9 Å². The number of aliphatic carboxylic acids is 1. The highest BCUT2D eigenvalue weighted by atomic mass is 16.4. The Bertz CT molecular complexity index is 279. The highest BCUT2D eigenvalue weighted by Gasteiger charge is 2.16. The summed E-state index contributed by atoms with van der Waals surface area (Å²) in [5.74, 6) is -1.04. The van der Waals surface area contributed by atoms with Crippen molar-refractivity contribution in [3.8, 4) is 0 Å². The number of rotatable bonds is 7. The summed E-state index contributed by atoms with van der Waals surface area (Å²) in [4.78, 5) is 25.4. The number of carboxylic acid groups (broad SMARTS) is 1. The highest BCUT2D eigenvalue weighted by Crippen LogP contribution is 1.93. The Hall–Kier alpha value is -1.56. The maximum Gasteiger partial charge on any atom is 0.323 e. The fraction of sp³-hybridized carbons (Fsp3) is 0.636. The molecule has 2 amide bonds. The quantitative estimate of drug-likeness (QED) is 0.627. The summed E-state index contributed by atoms with van der Waals surface area (Å²) in [5, 5.41) is 11.3. The summed E-state index contributed by atoms with van der Waals surface area (Å²) in [6.07, 6.45) is 1.50. The van der Waals surface area contributed by atoms with Gasteiger partial charge in [-0.25, -0.2) is 4.79 Å². The van der Waals surface area contributed by atoms with Crippen LogP contribution in [0.3, 0.4) is 0 Å². The smallest absolute Gasteiger partial charge is 0.323 e. The van der Waals surface area contributed by atoms with Crippen LogP contribution < -0.4 is 5.32 Å². The molecule has 0 radical (unpaired) electrons. The summed E-state index contributed by atoms with van der Waals surface area (Å²) >= 11 is 0. The summed E-state index contributed by atoms with van der Waals surface area (Å²) < 4.78 is 0. The van der Waals surface area contributed by atoms with Gasteiger partial charge in [-0.1, -0.05) is 6.08 Å². The van der Waals surface area contributed by atoms with Gasteiger partial charge in [0.2, 0.25) is 0 Å². The van der Waals surface area contributed by atoms with Gasteiger partial charge in [0.15, 0.2) is 0 Å². The monoisotopic (exact) mass is 243 g/mol. The Morgan fingerprint density at radius 2 is 2.06 bits per heavy atom. The molecule has 0 fully saturated rings. The summed E-state index contributed by atoms with van der Waals surface area (Å²) in [6, 6.07) is -0.199. The molecular formula is C11H21N3O3. The normalized spacial score (nSPS) is 12.0. The average molecular weight is 243 g/mol. The second kappa shape index (κ2) is 7.67. The Morgan fingerprint density at radius 1 is 1.47 bits per heavy atom. The van der Waals surface area contributed by atoms with Crippen LogP contribution in [0, 0.1) is 0 Å². The van der Waals surface area contributed by atoms with Gasteiger partial charge in [-0.2, -0.15) is 0 Å². The molecule has 0 aliphatic carbocycles. The second-order valence-electron chi connectivity index (χ2n) is 4.06. The average Bonchev–Trinajstić information content (AvgIpc) is 2.23. The molecule has 0 aromatic heterocycles. The molecule has 0 spiro atoms. The lowest BCUT2D eigenvalue weighted by molar-refractivity contribution is -0.137. The largest absolute Gasteiger partial charge is 0.480 e. The van der Waals surface area contributed by atoms with Crippen LogP contribution in [0.4, 0.5) is 4.79 Å².